The minimum atomic E-state index is -0.120. The molecule has 2 aromatic carbocycles. The zero-order chi connectivity index (χ0) is 15.4. The summed E-state index contributed by atoms with van der Waals surface area (Å²) in [5, 5.41) is 3.09. The van der Waals surface area contributed by atoms with Crippen LogP contribution in [0.2, 0.25) is 0 Å². The number of carbonyl (C=O) groups excluding carboxylic acids is 1. The second-order valence-corrected chi connectivity index (χ2v) is 5.13. The molecule has 114 valence electrons. The van der Waals surface area contributed by atoms with Crippen molar-refractivity contribution in [3.63, 3.8) is 0 Å². The maximum absolute atomic E-state index is 12.6. The molecule has 0 saturated heterocycles. The molecule has 0 aliphatic carbocycles. The van der Waals surface area contributed by atoms with Crippen LogP contribution in [-0.4, -0.2) is 19.1 Å². The van der Waals surface area contributed by atoms with Gasteiger partial charge in [0.1, 0.15) is 11.5 Å². The van der Waals surface area contributed by atoms with E-state index in [0.29, 0.717) is 24.5 Å². The number of ether oxygens (including phenoxy) is 2. The molecule has 0 fully saturated rings. The normalized spacial score (nSPS) is 16.3. The highest BCUT2D eigenvalue weighted by Crippen LogP contribution is 2.32. The molecule has 1 N–H and O–H groups in total. The van der Waals surface area contributed by atoms with Gasteiger partial charge in [-0.15, -0.1) is 0 Å². The van der Waals surface area contributed by atoms with Gasteiger partial charge in [-0.05, 0) is 25.1 Å². The second-order valence-electron chi connectivity index (χ2n) is 5.13. The Morgan fingerprint density at radius 2 is 2.00 bits per heavy atom. The van der Waals surface area contributed by atoms with Crippen LogP contribution in [0.3, 0.4) is 0 Å². The van der Waals surface area contributed by atoms with Crippen molar-refractivity contribution in [2.75, 3.05) is 13.2 Å². The van der Waals surface area contributed by atoms with Gasteiger partial charge in [0.05, 0.1) is 24.8 Å². The summed E-state index contributed by atoms with van der Waals surface area (Å²) >= 11 is 0. The summed E-state index contributed by atoms with van der Waals surface area (Å²) in [7, 11) is 0. The van der Waals surface area contributed by atoms with Crippen LogP contribution in [0.15, 0.2) is 48.5 Å². The lowest BCUT2D eigenvalue weighted by Crippen LogP contribution is -2.32. The van der Waals surface area contributed by atoms with Crippen molar-refractivity contribution in [3.05, 3.63) is 59.7 Å². The summed E-state index contributed by atoms with van der Waals surface area (Å²) in [4.78, 5) is 12.6. The topological polar surface area (TPSA) is 47.6 Å². The van der Waals surface area contributed by atoms with Gasteiger partial charge in [0.15, 0.2) is 0 Å². The first-order valence-electron chi connectivity index (χ1n) is 7.54. The zero-order valence-electron chi connectivity index (χ0n) is 12.5. The van der Waals surface area contributed by atoms with Crippen molar-refractivity contribution in [2.45, 2.75) is 19.4 Å². The number of carbonyl (C=O) groups is 1. The van der Waals surface area contributed by atoms with Crippen molar-refractivity contribution in [1.29, 1.82) is 0 Å². The van der Waals surface area contributed by atoms with E-state index in [1.165, 1.54) is 0 Å². The van der Waals surface area contributed by atoms with Gasteiger partial charge in [0, 0.05) is 12.0 Å². The van der Waals surface area contributed by atoms with Crippen molar-refractivity contribution in [3.8, 4) is 11.5 Å². The summed E-state index contributed by atoms with van der Waals surface area (Å²) in [6, 6.07) is 15.1. The molecule has 1 unspecified atom stereocenters. The fraction of sp³-hybridized carbons (Fsp3) is 0.278. The van der Waals surface area contributed by atoms with Gasteiger partial charge in [0.25, 0.3) is 5.91 Å². The van der Waals surface area contributed by atoms with Gasteiger partial charge in [-0.3, -0.25) is 4.79 Å². The minimum Gasteiger partial charge on any atom is -0.493 e. The summed E-state index contributed by atoms with van der Waals surface area (Å²) in [6.07, 6.45) is 0.763. The number of para-hydroxylation sites is 2. The summed E-state index contributed by atoms with van der Waals surface area (Å²) in [5.74, 6) is 1.34. The maximum Gasteiger partial charge on any atom is 0.255 e. The smallest absolute Gasteiger partial charge is 0.255 e. The molecule has 3 rings (SSSR count). The van der Waals surface area contributed by atoms with Crippen LogP contribution in [-0.2, 0) is 0 Å². The Hall–Kier alpha value is -2.49. The Morgan fingerprint density at radius 1 is 1.23 bits per heavy atom. The Kier molecular flexibility index (Phi) is 4.28. The zero-order valence-corrected chi connectivity index (χ0v) is 12.5. The van der Waals surface area contributed by atoms with Gasteiger partial charge in [-0.25, -0.2) is 0 Å². The fourth-order valence-electron chi connectivity index (χ4n) is 2.66. The summed E-state index contributed by atoms with van der Waals surface area (Å²) in [6.45, 7) is 3.04. The monoisotopic (exact) mass is 297 g/mol. The fourth-order valence-corrected chi connectivity index (χ4v) is 2.66. The quantitative estimate of drug-likeness (QED) is 0.941. The highest BCUT2D eigenvalue weighted by molar-refractivity contribution is 5.97. The first-order valence-corrected chi connectivity index (χ1v) is 7.54. The molecule has 4 nitrogen and oxygen atoms in total. The molecule has 1 heterocycles. The molecule has 0 aromatic heterocycles. The number of amides is 1. The second kappa shape index (κ2) is 6.52. The van der Waals surface area contributed by atoms with Crippen LogP contribution in [0, 0.1) is 0 Å². The van der Waals surface area contributed by atoms with Crippen molar-refractivity contribution in [2.24, 2.45) is 0 Å². The van der Waals surface area contributed by atoms with E-state index in [1.54, 1.807) is 6.07 Å². The maximum atomic E-state index is 12.6. The van der Waals surface area contributed by atoms with E-state index in [0.717, 1.165) is 17.7 Å². The van der Waals surface area contributed by atoms with Crippen LogP contribution in [0.4, 0.5) is 0 Å². The van der Waals surface area contributed by atoms with Crippen molar-refractivity contribution in [1.82, 2.24) is 5.32 Å². The van der Waals surface area contributed by atoms with E-state index in [2.05, 4.69) is 5.32 Å². The molecule has 2 aromatic rings. The van der Waals surface area contributed by atoms with Crippen molar-refractivity contribution < 1.29 is 14.3 Å². The molecule has 0 bridgehead atoms. The molecular weight excluding hydrogens is 278 g/mol. The Balaban J connectivity index is 1.81. The largest absolute Gasteiger partial charge is 0.493 e. The molecule has 4 heteroatoms. The Morgan fingerprint density at radius 3 is 2.86 bits per heavy atom. The van der Waals surface area contributed by atoms with E-state index >= 15 is 0 Å². The highest BCUT2D eigenvalue weighted by atomic mass is 16.5. The van der Waals surface area contributed by atoms with Crippen LogP contribution >= 0.6 is 0 Å². The molecule has 22 heavy (non-hydrogen) atoms. The third-order valence-electron chi connectivity index (χ3n) is 3.70. The number of fused-ring (bicyclic) bond motifs is 1. The van der Waals surface area contributed by atoms with Gasteiger partial charge in [0.2, 0.25) is 0 Å². The van der Waals surface area contributed by atoms with Crippen LogP contribution in [0.1, 0.15) is 35.3 Å². The lowest BCUT2D eigenvalue weighted by molar-refractivity contribution is 0.0921. The number of rotatable bonds is 4. The third kappa shape index (κ3) is 2.91. The third-order valence-corrected chi connectivity index (χ3v) is 3.70. The average molecular weight is 297 g/mol. The molecule has 0 spiro atoms. The highest BCUT2D eigenvalue weighted by Gasteiger charge is 2.24. The SMILES string of the molecule is CCOc1ccccc1C(=O)NC1CCOc2ccccc21. The van der Waals surface area contributed by atoms with E-state index < -0.39 is 0 Å². The minimum absolute atomic E-state index is 0.0351. The van der Waals surface area contributed by atoms with E-state index in [9.17, 15) is 4.79 Å². The van der Waals surface area contributed by atoms with Gasteiger partial charge >= 0.3 is 0 Å². The summed E-state index contributed by atoms with van der Waals surface area (Å²) < 4.78 is 11.2. The first-order chi connectivity index (χ1) is 10.8. The Labute approximate surface area is 130 Å². The average Bonchev–Trinajstić information content (AvgIpc) is 2.56. The van der Waals surface area contributed by atoms with Crippen LogP contribution in [0.25, 0.3) is 0 Å². The lowest BCUT2D eigenvalue weighted by atomic mass is 10.00. The van der Waals surface area contributed by atoms with Crippen LogP contribution < -0.4 is 14.8 Å². The molecule has 0 saturated carbocycles. The number of hydrogen-bond donors (Lipinski definition) is 1. The number of nitrogens with one attached hydrogen (secondary N) is 1. The van der Waals surface area contributed by atoms with Gasteiger partial charge in [-0.1, -0.05) is 30.3 Å². The molecule has 1 aliphatic heterocycles. The molecular formula is C18H19NO3. The van der Waals surface area contributed by atoms with E-state index in [-0.39, 0.29) is 11.9 Å². The Bertz CT molecular complexity index is 669. The van der Waals surface area contributed by atoms with Crippen LogP contribution in [0.5, 0.6) is 11.5 Å². The molecule has 1 amide bonds. The predicted octanol–water partition coefficient (Wildman–Crippen LogP) is 3.34. The molecule has 1 atom stereocenters. The number of hydrogen-bond acceptors (Lipinski definition) is 3. The van der Waals surface area contributed by atoms with Gasteiger partial charge in [-0.2, -0.15) is 0 Å². The summed E-state index contributed by atoms with van der Waals surface area (Å²) in [5.41, 5.74) is 1.59. The molecule has 0 radical (unpaired) electrons. The molecule has 1 aliphatic rings. The van der Waals surface area contributed by atoms with E-state index in [1.807, 2.05) is 49.4 Å². The van der Waals surface area contributed by atoms with Crippen molar-refractivity contribution >= 4 is 5.91 Å². The van der Waals surface area contributed by atoms with Gasteiger partial charge < -0.3 is 14.8 Å². The predicted molar refractivity (Wildman–Crippen MR) is 84.4 cm³/mol. The lowest BCUT2D eigenvalue weighted by Gasteiger charge is -2.26. The number of benzene rings is 2. The first kappa shape index (κ1) is 14.4. The van der Waals surface area contributed by atoms with E-state index in [4.69, 9.17) is 9.47 Å². The standard InChI is InChI=1S/C18H19NO3/c1-2-21-17-10-6-4-8-14(17)18(20)19-15-11-12-22-16-9-5-3-7-13(15)16/h3-10,15H,2,11-12H2,1H3,(H,19,20).